The number of amides is 1. The molecule has 5 aromatic rings. The summed E-state index contributed by atoms with van der Waals surface area (Å²) in [6, 6.07) is 20.1. The van der Waals surface area contributed by atoms with Crippen LogP contribution in [0.1, 0.15) is 15.9 Å². The maximum atomic E-state index is 12.6. The van der Waals surface area contributed by atoms with Gasteiger partial charge in [-0.05, 0) is 35.9 Å². The molecule has 0 saturated carbocycles. The van der Waals surface area contributed by atoms with Crippen LogP contribution in [0.5, 0.6) is 11.6 Å². The second-order valence-electron chi connectivity index (χ2n) is 7.38. The molecular formula is C24H20N6O3. The summed E-state index contributed by atoms with van der Waals surface area (Å²) in [6.45, 7) is 0.465. The number of para-hydroxylation sites is 2. The van der Waals surface area contributed by atoms with Gasteiger partial charge in [0.05, 0.1) is 30.3 Å². The third kappa shape index (κ3) is 4.24. The smallest absolute Gasteiger partial charge is 0.258 e. The number of H-pyrrole nitrogens is 1. The molecule has 0 aliphatic carbocycles. The van der Waals surface area contributed by atoms with E-state index in [1.807, 2.05) is 48.5 Å². The van der Waals surface area contributed by atoms with Crippen LogP contribution in [0.15, 0.2) is 72.9 Å². The van der Waals surface area contributed by atoms with Gasteiger partial charge in [0.2, 0.25) is 5.88 Å². The Morgan fingerprint density at radius 1 is 1.12 bits per heavy atom. The molecule has 3 aromatic heterocycles. The number of aromatic nitrogens is 5. The number of anilines is 1. The van der Waals surface area contributed by atoms with E-state index in [-0.39, 0.29) is 11.8 Å². The highest BCUT2D eigenvalue weighted by Gasteiger charge is 2.17. The summed E-state index contributed by atoms with van der Waals surface area (Å²) >= 11 is 0. The molecule has 1 amide bonds. The maximum absolute atomic E-state index is 12.6. The van der Waals surface area contributed by atoms with Crippen LogP contribution in [0.4, 0.5) is 5.82 Å². The van der Waals surface area contributed by atoms with Crippen molar-refractivity contribution in [2.75, 3.05) is 12.4 Å². The Hall–Kier alpha value is -4.66. The molecule has 3 heterocycles. The van der Waals surface area contributed by atoms with Crippen LogP contribution >= 0.6 is 0 Å². The Morgan fingerprint density at radius 3 is 2.67 bits per heavy atom. The molecule has 0 saturated heterocycles. The fourth-order valence-electron chi connectivity index (χ4n) is 3.48. The second kappa shape index (κ2) is 8.46. The van der Waals surface area contributed by atoms with Crippen LogP contribution in [-0.2, 0) is 6.54 Å². The van der Waals surface area contributed by atoms with E-state index >= 15 is 0 Å². The van der Waals surface area contributed by atoms with Gasteiger partial charge < -0.3 is 20.1 Å². The van der Waals surface area contributed by atoms with Crippen molar-refractivity contribution in [3.8, 4) is 23.1 Å². The third-order valence-corrected chi connectivity index (χ3v) is 5.16. The van der Waals surface area contributed by atoms with Crippen molar-refractivity contribution < 1.29 is 14.6 Å². The minimum Gasteiger partial charge on any atom is -0.497 e. The third-order valence-electron chi connectivity index (χ3n) is 5.16. The van der Waals surface area contributed by atoms with E-state index in [1.165, 1.54) is 18.3 Å². The van der Waals surface area contributed by atoms with E-state index in [4.69, 9.17) is 4.74 Å². The molecule has 2 aromatic carbocycles. The zero-order valence-corrected chi connectivity index (χ0v) is 17.7. The van der Waals surface area contributed by atoms with Gasteiger partial charge in [0.25, 0.3) is 5.91 Å². The van der Waals surface area contributed by atoms with Gasteiger partial charge in [-0.2, -0.15) is 5.10 Å². The summed E-state index contributed by atoms with van der Waals surface area (Å²) in [4.78, 5) is 24.4. The number of aromatic hydroxyl groups is 1. The number of rotatable bonds is 6. The van der Waals surface area contributed by atoms with Gasteiger partial charge in [0, 0.05) is 18.3 Å². The number of fused-ring (bicyclic) bond motifs is 1. The monoisotopic (exact) mass is 440 g/mol. The minimum absolute atomic E-state index is 0.150. The number of ether oxygens (including phenoxy) is 1. The molecule has 0 radical (unpaired) electrons. The number of nitrogens with zero attached hydrogens (tertiary/aromatic N) is 4. The molecular weight excluding hydrogens is 420 g/mol. The van der Waals surface area contributed by atoms with E-state index in [9.17, 15) is 9.90 Å². The van der Waals surface area contributed by atoms with Gasteiger partial charge in [-0.1, -0.05) is 24.3 Å². The van der Waals surface area contributed by atoms with E-state index in [0.717, 1.165) is 28.0 Å². The first-order valence-electron chi connectivity index (χ1n) is 10.2. The van der Waals surface area contributed by atoms with Gasteiger partial charge in [-0.3, -0.25) is 9.48 Å². The fourth-order valence-corrected chi connectivity index (χ4v) is 3.48. The van der Waals surface area contributed by atoms with Crippen molar-refractivity contribution >= 4 is 22.8 Å². The first-order valence-corrected chi connectivity index (χ1v) is 10.2. The van der Waals surface area contributed by atoms with Gasteiger partial charge in [-0.15, -0.1) is 0 Å². The standard InChI is InChI=1S/C24H20N6O3/c1-33-17-9-6-15(7-10-17)14-30-20(23-26-18-4-2-3-5-19(18)27-23)12-21(29-30)28-24(32)16-8-11-22(31)25-13-16/h2-13H,14H2,1H3,(H,25,31)(H,26,27)(H,28,29,32). The fraction of sp³-hybridized carbons (Fsp3) is 0.0833. The van der Waals surface area contributed by atoms with Gasteiger partial charge in [0.1, 0.15) is 11.4 Å². The Labute approximate surface area is 188 Å². The predicted octanol–water partition coefficient (Wildman–Crippen LogP) is 3.84. The highest BCUT2D eigenvalue weighted by atomic mass is 16.5. The number of carbonyl (C=O) groups excluding carboxylic acids is 1. The lowest BCUT2D eigenvalue weighted by Crippen LogP contribution is -2.13. The molecule has 164 valence electrons. The molecule has 0 aliphatic heterocycles. The largest absolute Gasteiger partial charge is 0.497 e. The van der Waals surface area contributed by atoms with Crippen LogP contribution in [0.25, 0.3) is 22.6 Å². The molecule has 0 atom stereocenters. The average molecular weight is 440 g/mol. The SMILES string of the molecule is COc1ccc(Cn2nc(NC(=O)c3ccc(O)nc3)cc2-c2nc3ccccc3[nH]2)cc1. The number of hydrogen-bond donors (Lipinski definition) is 3. The van der Waals surface area contributed by atoms with Crippen molar-refractivity contribution in [3.05, 3.63) is 84.1 Å². The Bertz CT molecular complexity index is 1390. The molecule has 0 bridgehead atoms. The van der Waals surface area contributed by atoms with Crippen molar-refractivity contribution in [2.24, 2.45) is 0 Å². The summed E-state index contributed by atoms with van der Waals surface area (Å²) in [6.07, 6.45) is 1.30. The normalized spacial score (nSPS) is 10.9. The number of methoxy groups -OCH3 is 1. The number of benzene rings is 2. The van der Waals surface area contributed by atoms with Crippen LogP contribution in [-0.4, -0.2) is 42.9 Å². The minimum atomic E-state index is -0.382. The zero-order valence-electron chi connectivity index (χ0n) is 17.7. The Kier molecular flexibility index (Phi) is 5.19. The highest BCUT2D eigenvalue weighted by molar-refractivity contribution is 6.03. The number of pyridine rings is 1. The number of nitrogens with one attached hydrogen (secondary N) is 2. The summed E-state index contributed by atoms with van der Waals surface area (Å²) in [7, 11) is 1.63. The summed E-state index contributed by atoms with van der Waals surface area (Å²) in [5.41, 5.74) is 3.79. The van der Waals surface area contributed by atoms with E-state index in [0.29, 0.717) is 23.8 Å². The van der Waals surface area contributed by atoms with Crippen LogP contribution < -0.4 is 10.1 Å². The van der Waals surface area contributed by atoms with Crippen LogP contribution in [0.3, 0.4) is 0 Å². The molecule has 0 unspecified atom stereocenters. The average Bonchev–Trinajstić information content (AvgIpc) is 3.43. The topological polar surface area (TPSA) is 118 Å². The summed E-state index contributed by atoms with van der Waals surface area (Å²) < 4.78 is 7.02. The predicted molar refractivity (Wildman–Crippen MR) is 123 cm³/mol. The quantitative estimate of drug-likeness (QED) is 0.369. The molecule has 0 spiro atoms. The molecule has 5 rings (SSSR count). The molecule has 9 heteroatoms. The van der Waals surface area contributed by atoms with Crippen molar-refractivity contribution in [1.82, 2.24) is 24.7 Å². The van der Waals surface area contributed by atoms with Gasteiger partial charge >= 0.3 is 0 Å². The molecule has 0 aliphatic rings. The highest BCUT2D eigenvalue weighted by Crippen LogP contribution is 2.25. The van der Waals surface area contributed by atoms with E-state index < -0.39 is 0 Å². The van der Waals surface area contributed by atoms with Gasteiger partial charge in [-0.25, -0.2) is 9.97 Å². The summed E-state index contributed by atoms with van der Waals surface area (Å²) in [5.74, 6) is 1.25. The molecule has 0 fully saturated rings. The number of carbonyl (C=O) groups is 1. The lowest BCUT2D eigenvalue weighted by atomic mass is 10.2. The maximum Gasteiger partial charge on any atom is 0.258 e. The van der Waals surface area contributed by atoms with Crippen molar-refractivity contribution in [1.29, 1.82) is 0 Å². The first-order chi connectivity index (χ1) is 16.1. The van der Waals surface area contributed by atoms with Crippen molar-refractivity contribution in [3.63, 3.8) is 0 Å². The van der Waals surface area contributed by atoms with E-state index in [2.05, 4.69) is 25.4 Å². The van der Waals surface area contributed by atoms with Crippen LogP contribution in [0.2, 0.25) is 0 Å². The lowest BCUT2D eigenvalue weighted by Gasteiger charge is -2.07. The van der Waals surface area contributed by atoms with Crippen LogP contribution in [0, 0.1) is 0 Å². The molecule has 3 N–H and O–H groups in total. The molecule has 33 heavy (non-hydrogen) atoms. The second-order valence-corrected chi connectivity index (χ2v) is 7.38. The molecule has 9 nitrogen and oxygen atoms in total. The number of imidazole rings is 1. The first kappa shape index (κ1) is 20.3. The lowest BCUT2D eigenvalue weighted by molar-refractivity contribution is 0.102. The van der Waals surface area contributed by atoms with Gasteiger partial charge in [0.15, 0.2) is 11.6 Å². The zero-order chi connectivity index (χ0) is 22.8. The summed E-state index contributed by atoms with van der Waals surface area (Å²) in [5, 5.41) is 16.7. The Balaban J connectivity index is 1.50. The van der Waals surface area contributed by atoms with Crippen molar-refractivity contribution in [2.45, 2.75) is 6.54 Å². The van der Waals surface area contributed by atoms with E-state index in [1.54, 1.807) is 17.9 Å². The number of aromatic amines is 1. The number of hydrogen-bond acceptors (Lipinski definition) is 6. The Morgan fingerprint density at radius 2 is 1.94 bits per heavy atom.